The monoisotopic (exact) mass is 210 g/mol. The van der Waals surface area contributed by atoms with Gasteiger partial charge in [0.05, 0.1) is 0 Å². The van der Waals surface area contributed by atoms with Crippen molar-refractivity contribution in [2.24, 2.45) is 17.8 Å². The molecule has 3 atom stereocenters. The van der Waals surface area contributed by atoms with Gasteiger partial charge < -0.3 is 10.6 Å². The smallest absolute Gasteiger partial charge is 0.0164 e. The van der Waals surface area contributed by atoms with Gasteiger partial charge in [0.25, 0.3) is 0 Å². The Labute approximate surface area is 94.2 Å². The van der Waals surface area contributed by atoms with Gasteiger partial charge in [-0.15, -0.1) is 0 Å². The molecular formula is C13H26N2. The lowest BCUT2D eigenvalue weighted by atomic mass is 10.0. The lowest BCUT2D eigenvalue weighted by Crippen LogP contribution is -2.40. The van der Waals surface area contributed by atoms with Crippen LogP contribution in [0.25, 0.3) is 0 Å². The van der Waals surface area contributed by atoms with Crippen LogP contribution in [0.1, 0.15) is 40.0 Å². The third-order valence-electron chi connectivity index (χ3n) is 3.93. The number of nitrogens with one attached hydrogen (secondary N) is 2. The van der Waals surface area contributed by atoms with Gasteiger partial charge in [-0.3, -0.25) is 0 Å². The van der Waals surface area contributed by atoms with E-state index in [0.717, 1.165) is 24.3 Å². The topological polar surface area (TPSA) is 24.1 Å². The van der Waals surface area contributed by atoms with Crippen LogP contribution in [-0.4, -0.2) is 25.2 Å². The van der Waals surface area contributed by atoms with Gasteiger partial charge in [-0.2, -0.15) is 0 Å². The normalized spacial score (nSPS) is 35.6. The molecule has 2 saturated carbocycles. The van der Waals surface area contributed by atoms with Crippen LogP contribution in [0.4, 0.5) is 0 Å². The van der Waals surface area contributed by atoms with Crippen LogP contribution in [-0.2, 0) is 0 Å². The van der Waals surface area contributed by atoms with Crippen molar-refractivity contribution in [3.05, 3.63) is 0 Å². The van der Waals surface area contributed by atoms with Crippen molar-refractivity contribution in [3.63, 3.8) is 0 Å². The van der Waals surface area contributed by atoms with Crippen molar-refractivity contribution in [2.45, 2.75) is 52.1 Å². The first-order valence-corrected chi connectivity index (χ1v) is 6.62. The minimum atomic E-state index is 0.605. The molecule has 2 N–H and O–H groups in total. The second kappa shape index (κ2) is 4.84. The van der Waals surface area contributed by atoms with Gasteiger partial charge in [-0.25, -0.2) is 0 Å². The van der Waals surface area contributed by atoms with Crippen molar-refractivity contribution >= 4 is 0 Å². The average molecular weight is 210 g/mol. The maximum absolute atomic E-state index is 3.66. The summed E-state index contributed by atoms with van der Waals surface area (Å²) in [5.74, 6) is 3.23. The maximum Gasteiger partial charge on any atom is 0.0164 e. The van der Waals surface area contributed by atoms with E-state index < -0.39 is 0 Å². The molecule has 15 heavy (non-hydrogen) atoms. The Morgan fingerprint density at radius 2 is 1.67 bits per heavy atom. The molecule has 0 saturated heterocycles. The number of fused-ring (bicyclic) bond motifs is 1. The summed E-state index contributed by atoms with van der Waals surface area (Å²) >= 11 is 0. The second-order valence-corrected chi connectivity index (χ2v) is 5.97. The molecule has 0 aromatic heterocycles. The number of hydrogen-bond acceptors (Lipinski definition) is 2. The highest BCUT2D eigenvalue weighted by Gasteiger charge is 2.45. The first kappa shape index (κ1) is 11.4. The van der Waals surface area contributed by atoms with Gasteiger partial charge in [0.15, 0.2) is 0 Å². The van der Waals surface area contributed by atoms with Crippen LogP contribution in [0.3, 0.4) is 0 Å². The summed E-state index contributed by atoms with van der Waals surface area (Å²) in [4.78, 5) is 0. The molecule has 0 amide bonds. The largest absolute Gasteiger partial charge is 0.313 e. The van der Waals surface area contributed by atoms with Crippen LogP contribution in [0.2, 0.25) is 0 Å². The zero-order valence-corrected chi connectivity index (χ0v) is 10.4. The molecule has 2 nitrogen and oxygen atoms in total. The fourth-order valence-electron chi connectivity index (χ4n) is 2.86. The molecular weight excluding hydrogens is 184 g/mol. The van der Waals surface area contributed by atoms with Crippen molar-refractivity contribution in [3.8, 4) is 0 Å². The fraction of sp³-hybridized carbons (Fsp3) is 1.00. The summed E-state index contributed by atoms with van der Waals surface area (Å²) in [6.45, 7) is 9.03. The van der Waals surface area contributed by atoms with E-state index in [0.29, 0.717) is 12.1 Å². The molecule has 0 aromatic rings. The predicted octanol–water partition coefficient (Wildman–Crippen LogP) is 2.01. The minimum Gasteiger partial charge on any atom is -0.313 e. The summed E-state index contributed by atoms with van der Waals surface area (Å²) in [5, 5.41) is 7.13. The summed E-state index contributed by atoms with van der Waals surface area (Å²) in [6.07, 6.45) is 4.55. The predicted molar refractivity (Wildman–Crippen MR) is 64.9 cm³/mol. The van der Waals surface area contributed by atoms with E-state index in [-0.39, 0.29) is 0 Å². The lowest BCUT2D eigenvalue weighted by Gasteiger charge is -2.19. The summed E-state index contributed by atoms with van der Waals surface area (Å²) in [5.41, 5.74) is 0. The zero-order valence-electron chi connectivity index (χ0n) is 10.4. The molecule has 0 radical (unpaired) electrons. The van der Waals surface area contributed by atoms with Gasteiger partial charge in [0, 0.05) is 18.6 Å². The molecule has 2 aliphatic carbocycles. The first-order valence-electron chi connectivity index (χ1n) is 6.62. The highest BCUT2D eigenvalue weighted by Crippen LogP contribution is 2.54. The van der Waals surface area contributed by atoms with Crippen LogP contribution in [0.15, 0.2) is 0 Å². The molecule has 0 bridgehead atoms. The molecule has 0 aliphatic heterocycles. The first-order chi connectivity index (χ1) is 7.15. The molecule has 2 heteroatoms. The molecule has 88 valence electrons. The SMILES string of the molecule is CC(C)NCC(C)NCC1CC2CC2C1. The van der Waals surface area contributed by atoms with Crippen LogP contribution >= 0.6 is 0 Å². The fourth-order valence-corrected chi connectivity index (χ4v) is 2.86. The molecule has 0 heterocycles. The standard InChI is InChI=1S/C13H26N2/c1-9(2)14-7-10(3)15-8-11-4-12-6-13(12)5-11/h9-15H,4-8H2,1-3H3. The molecule has 3 unspecified atom stereocenters. The second-order valence-electron chi connectivity index (χ2n) is 5.97. The minimum absolute atomic E-state index is 0.605. The van der Waals surface area contributed by atoms with Crippen molar-refractivity contribution in [1.82, 2.24) is 10.6 Å². The van der Waals surface area contributed by atoms with E-state index in [4.69, 9.17) is 0 Å². The van der Waals surface area contributed by atoms with E-state index in [1.165, 1.54) is 19.4 Å². The van der Waals surface area contributed by atoms with Crippen LogP contribution in [0.5, 0.6) is 0 Å². The lowest BCUT2D eigenvalue weighted by molar-refractivity contribution is 0.400. The van der Waals surface area contributed by atoms with Crippen molar-refractivity contribution in [1.29, 1.82) is 0 Å². The summed E-state index contributed by atoms with van der Waals surface area (Å²) in [7, 11) is 0. The van der Waals surface area contributed by atoms with E-state index in [2.05, 4.69) is 31.4 Å². The molecule has 2 rings (SSSR count). The third kappa shape index (κ3) is 3.46. The Balaban J connectivity index is 1.53. The Kier molecular flexibility index (Phi) is 3.68. The van der Waals surface area contributed by atoms with E-state index in [9.17, 15) is 0 Å². The molecule has 2 aliphatic rings. The van der Waals surface area contributed by atoms with Gasteiger partial charge in [-0.05, 0) is 50.5 Å². The number of hydrogen-bond donors (Lipinski definition) is 2. The Morgan fingerprint density at radius 3 is 2.27 bits per heavy atom. The Morgan fingerprint density at radius 1 is 1.00 bits per heavy atom. The van der Waals surface area contributed by atoms with Crippen LogP contribution in [0, 0.1) is 17.8 Å². The van der Waals surface area contributed by atoms with Gasteiger partial charge in [0.2, 0.25) is 0 Å². The quantitative estimate of drug-likeness (QED) is 0.701. The third-order valence-corrected chi connectivity index (χ3v) is 3.93. The van der Waals surface area contributed by atoms with Gasteiger partial charge in [0.1, 0.15) is 0 Å². The molecule has 2 fully saturated rings. The van der Waals surface area contributed by atoms with Gasteiger partial charge >= 0.3 is 0 Å². The molecule has 0 spiro atoms. The Hall–Kier alpha value is -0.0800. The molecule has 0 aromatic carbocycles. The maximum atomic E-state index is 3.66. The van der Waals surface area contributed by atoms with Crippen molar-refractivity contribution < 1.29 is 0 Å². The van der Waals surface area contributed by atoms with E-state index in [1.807, 2.05) is 0 Å². The van der Waals surface area contributed by atoms with Gasteiger partial charge in [-0.1, -0.05) is 13.8 Å². The Bertz CT molecular complexity index is 193. The zero-order chi connectivity index (χ0) is 10.8. The van der Waals surface area contributed by atoms with E-state index in [1.54, 1.807) is 6.42 Å². The highest BCUT2D eigenvalue weighted by atomic mass is 15.0. The summed E-state index contributed by atoms with van der Waals surface area (Å²) in [6, 6.07) is 1.22. The average Bonchev–Trinajstić information content (AvgIpc) is 2.80. The number of rotatable bonds is 6. The van der Waals surface area contributed by atoms with E-state index >= 15 is 0 Å². The highest BCUT2D eigenvalue weighted by molar-refractivity contribution is 4.96. The van der Waals surface area contributed by atoms with Crippen molar-refractivity contribution in [2.75, 3.05) is 13.1 Å². The summed E-state index contributed by atoms with van der Waals surface area (Å²) < 4.78 is 0. The van der Waals surface area contributed by atoms with Crippen LogP contribution < -0.4 is 10.6 Å².